The van der Waals surface area contributed by atoms with E-state index in [0.29, 0.717) is 34.1 Å². The molecule has 0 unspecified atom stereocenters. The number of nitrogens with zero attached hydrogens (tertiary/aromatic N) is 1. The molecule has 9 heteroatoms. The van der Waals surface area contributed by atoms with Gasteiger partial charge in [0.2, 0.25) is 5.75 Å². The minimum atomic E-state index is -0.600. The molecule has 0 aliphatic rings. The predicted octanol–water partition coefficient (Wildman–Crippen LogP) is 3.40. The van der Waals surface area contributed by atoms with E-state index in [1.54, 1.807) is 24.3 Å². The van der Waals surface area contributed by atoms with Gasteiger partial charge in [-0.15, -0.1) is 0 Å². The van der Waals surface area contributed by atoms with Gasteiger partial charge in [0.05, 0.1) is 33.1 Å². The minimum absolute atomic E-state index is 0.0705. The van der Waals surface area contributed by atoms with Gasteiger partial charge in [-0.1, -0.05) is 0 Å². The van der Waals surface area contributed by atoms with Crippen molar-refractivity contribution < 1.29 is 33.6 Å². The molecule has 0 atom stereocenters. The van der Waals surface area contributed by atoms with Crippen molar-refractivity contribution in [3.63, 3.8) is 0 Å². The molecule has 2 N–H and O–H groups in total. The monoisotopic (exact) mass is 450 g/mol. The highest BCUT2D eigenvalue weighted by Gasteiger charge is 2.18. The number of hydrazone groups is 1. The number of amides is 1. The van der Waals surface area contributed by atoms with E-state index in [1.807, 2.05) is 0 Å². The minimum Gasteiger partial charge on any atom is -0.508 e. The van der Waals surface area contributed by atoms with Crippen molar-refractivity contribution >= 4 is 18.1 Å². The predicted molar refractivity (Wildman–Crippen MR) is 121 cm³/mol. The lowest BCUT2D eigenvalue weighted by Gasteiger charge is -2.13. The summed E-state index contributed by atoms with van der Waals surface area (Å²) in [5.41, 5.74) is 3.66. The van der Waals surface area contributed by atoms with Gasteiger partial charge in [0.1, 0.15) is 11.5 Å². The number of methoxy groups -OCH3 is 3. The number of carbonyl (C=O) groups excluding carboxylic acids is 2. The van der Waals surface area contributed by atoms with Gasteiger partial charge < -0.3 is 24.1 Å². The van der Waals surface area contributed by atoms with Crippen molar-refractivity contribution in [3.8, 4) is 28.7 Å². The highest BCUT2D eigenvalue weighted by Crippen LogP contribution is 2.38. The van der Waals surface area contributed by atoms with E-state index in [2.05, 4.69) is 10.5 Å². The summed E-state index contributed by atoms with van der Waals surface area (Å²) in [5.74, 6) is 0.422. The average Bonchev–Trinajstić information content (AvgIpc) is 2.84. The number of hydrogen-bond acceptors (Lipinski definition) is 8. The van der Waals surface area contributed by atoms with E-state index in [4.69, 9.17) is 18.9 Å². The Labute approximate surface area is 190 Å². The first-order valence-corrected chi connectivity index (χ1v) is 9.70. The fourth-order valence-corrected chi connectivity index (χ4v) is 2.83. The summed E-state index contributed by atoms with van der Waals surface area (Å²) in [6.07, 6.45) is 1.45. The van der Waals surface area contributed by atoms with Gasteiger partial charge in [-0.2, -0.15) is 5.10 Å². The van der Waals surface area contributed by atoms with Crippen LogP contribution in [0.25, 0.3) is 0 Å². The lowest BCUT2D eigenvalue weighted by atomic mass is 10.2. The first-order valence-electron chi connectivity index (χ1n) is 9.70. The van der Waals surface area contributed by atoms with Crippen molar-refractivity contribution in [2.75, 3.05) is 21.3 Å². The standard InChI is InChI=1S/C24H22N2O7/c1-30-20-12-17(13-21(31-2)22(20)32-3)24(29)33-19-10-4-15(5-11-19)14-25-26-23(28)16-6-8-18(27)9-7-16/h4-14,27H,1-3H3,(H,26,28)/b25-14+. The maximum absolute atomic E-state index is 12.6. The zero-order chi connectivity index (χ0) is 23.8. The van der Waals surface area contributed by atoms with Gasteiger partial charge in [0.15, 0.2) is 11.5 Å². The number of nitrogens with one attached hydrogen (secondary N) is 1. The molecule has 3 aromatic carbocycles. The molecule has 0 aliphatic heterocycles. The van der Waals surface area contributed by atoms with E-state index in [0.717, 1.165) is 0 Å². The first-order chi connectivity index (χ1) is 15.9. The van der Waals surface area contributed by atoms with Crippen LogP contribution in [0.1, 0.15) is 26.3 Å². The summed E-state index contributed by atoms with van der Waals surface area (Å²) >= 11 is 0. The van der Waals surface area contributed by atoms with Gasteiger partial charge >= 0.3 is 5.97 Å². The largest absolute Gasteiger partial charge is 0.508 e. The average molecular weight is 450 g/mol. The lowest BCUT2D eigenvalue weighted by molar-refractivity contribution is 0.0733. The molecule has 0 saturated heterocycles. The van der Waals surface area contributed by atoms with Crippen LogP contribution in [0.4, 0.5) is 0 Å². The Bertz CT molecular complexity index is 1130. The number of ether oxygens (including phenoxy) is 4. The molecule has 3 aromatic rings. The van der Waals surface area contributed by atoms with Crippen molar-refractivity contribution in [2.45, 2.75) is 0 Å². The van der Waals surface area contributed by atoms with Crippen molar-refractivity contribution in [1.29, 1.82) is 0 Å². The van der Waals surface area contributed by atoms with Crippen molar-refractivity contribution in [3.05, 3.63) is 77.4 Å². The molecule has 9 nitrogen and oxygen atoms in total. The van der Waals surface area contributed by atoms with Crippen LogP contribution in [0.2, 0.25) is 0 Å². The number of esters is 1. The molecule has 0 fully saturated rings. The number of hydrogen-bond donors (Lipinski definition) is 2. The molecule has 0 heterocycles. The Morgan fingerprint density at radius 1 is 0.848 bits per heavy atom. The zero-order valence-electron chi connectivity index (χ0n) is 18.2. The Hall–Kier alpha value is -4.53. The quantitative estimate of drug-likeness (QED) is 0.234. The second-order valence-electron chi connectivity index (χ2n) is 6.62. The Balaban J connectivity index is 1.63. The van der Waals surface area contributed by atoms with E-state index in [-0.39, 0.29) is 11.3 Å². The Morgan fingerprint density at radius 3 is 2.00 bits per heavy atom. The first kappa shape index (κ1) is 23.1. The molecule has 1 amide bonds. The summed E-state index contributed by atoms with van der Waals surface area (Å²) < 4.78 is 21.2. The summed E-state index contributed by atoms with van der Waals surface area (Å²) in [6, 6.07) is 15.3. The molecule has 0 radical (unpaired) electrons. The molecular weight excluding hydrogens is 428 g/mol. The van der Waals surface area contributed by atoms with Crippen LogP contribution in [0.5, 0.6) is 28.7 Å². The van der Waals surface area contributed by atoms with Crippen LogP contribution >= 0.6 is 0 Å². The molecule has 0 bridgehead atoms. The maximum Gasteiger partial charge on any atom is 0.343 e. The molecular formula is C24H22N2O7. The van der Waals surface area contributed by atoms with Crippen LogP contribution in [-0.2, 0) is 0 Å². The topological polar surface area (TPSA) is 116 Å². The van der Waals surface area contributed by atoms with Crippen LogP contribution < -0.4 is 24.4 Å². The molecule has 170 valence electrons. The third kappa shape index (κ3) is 5.79. The van der Waals surface area contributed by atoms with Crippen LogP contribution in [-0.4, -0.2) is 44.5 Å². The fourth-order valence-electron chi connectivity index (χ4n) is 2.83. The zero-order valence-corrected chi connectivity index (χ0v) is 18.2. The van der Waals surface area contributed by atoms with Crippen molar-refractivity contribution in [1.82, 2.24) is 5.43 Å². The second-order valence-corrected chi connectivity index (χ2v) is 6.62. The highest BCUT2D eigenvalue weighted by atomic mass is 16.5. The maximum atomic E-state index is 12.6. The normalized spacial score (nSPS) is 10.5. The lowest BCUT2D eigenvalue weighted by Crippen LogP contribution is -2.17. The van der Waals surface area contributed by atoms with Gasteiger partial charge in [-0.25, -0.2) is 10.2 Å². The highest BCUT2D eigenvalue weighted by molar-refractivity contribution is 5.95. The van der Waals surface area contributed by atoms with E-state index >= 15 is 0 Å². The molecule has 33 heavy (non-hydrogen) atoms. The smallest absolute Gasteiger partial charge is 0.343 e. The van der Waals surface area contributed by atoms with Crippen LogP contribution in [0.15, 0.2) is 65.8 Å². The van der Waals surface area contributed by atoms with Gasteiger partial charge in [0.25, 0.3) is 5.91 Å². The van der Waals surface area contributed by atoms with E-state index in [1.165, 1.54) is 63.9 Å². The Morgan fingerprint density at radius 2 is 1.45 bits per heavy atom. The number of aromatic hydroxyl groups is 1. The summed E-state index contributed by atoms with van der Waals surface area (Å²) in [7, 11) is 4.39. The summed E-state index contributed by atoms with van der Waals surface area (Å²) in [6.45, 7) is 0. The summed E-state index contributed by atoms with van der Waals surface area (Å²) in [5, 5.41) is 13.2. The van der Waals surface area contributed by atoms with Gasteiger partial charge in [-0.3, -0.25) is 4.79 Å². The number of phenols is 1. The molecule has 0 spiro atoms. The number of benzene rings is 3. The van der Waals surface area contributed by atoms with E-state index < -0.39 is 11.9 Å². The SMILES string of the molecule is COc1cc(C(=O)Oc2ccc(/C=N/NC(=O)c3ccc(O)cc3)cc2)cc(OC)c1OC. The van der Waals surface area contributed by atoms with Gasteiger partial charge in [0, 0.05) is 5.56 Å². The van der Waals surface area contributed by atoms with Gasteiger partial charge in [-0.05, 0) is 66.2 Å². The second kappa shape index (κ2) is 10.7. The molecule has 3 rings (SSSR count). The third-order valence-corrected chi connectivity index (χ3v) is 4.50. The molecule has 0 aromatic heterocycles. The summed E-state index contributed by atoms with van der Waals surface area (Å²) in [4.78, 5) is 24.6. The number of carbonyl (C=O) groups is 2. The van der Waals surface area contributed by atoms with Crippen LogP contribution in [0.3, 0.4) is 0 Å². The third-order valence-electron chi connectivity index (χ3n) is 4.50. The van der Waals surface area contributed by atoms with E-state index in [9.17, 15) is 14.7 Å². The molecule has 0 aliphatic carbocycles. The Kier molecular flexibility index (Phi) is 7.48. The number of rotatable bonds is 8. The molecule has 0 saturated carbocycles. The van der Waals surface area contributed by atoms with Crippen LogP contribution in [0, 0.1) is 0 Å². The number of phenolic OH excluding ortho intramolecular Hbond substituents is 1. The van der Waals surface area contributed by atoms with Crippen molar-refractivity contribution in [2.24, 2.45) is 5.10 Å². The fraction of sp³-hybridized carbons (Fsp3) is 0.125.